The summed E-state index contributed by atoms with van der Waals surface area (Å²) < 4.78 is 17.3. The molecule has 4 nitrogen and oxygen atoms in total. The van der Waals surface area contributed by atoms with Gasteiger partial charge in [0.15, 0.2) is 0 Å². The van der Waals surface area contributed by atoms with E-state index in [2.05, 4.69) is 52.0 Å². The minimum Gasteiger partial charge on any atom is -0.491 e. The summed E-state index contributed by atoms with van der Waals surface area (Å²) in [6, 6.07) is 23.0. The summed E-state index contributed by atoms with van der Waals surface area (Å²) in [7, 11) is 0. The fourth-order valence-electron chi connectivity index (χ4n) is 3.70. The first-order valence-electron chi connectivity index (χ1n) is 12.3. The molecule has 4 heteroatoms. The van der Waals surface area contributed by atoms with E-state index in [0.29, 0.717) is 11.3 Å². The van der Waals surface area contributed by atoms with Gasteiger partial charge in [-0.05, 0) is 79.8 Å². The van der Waals surface area contributed by atoms with Gasteiger partial charge in [0.1, 0.15) is 11.5 Å². The number of esters is 1. The number of hydrogen-bond donors (Lipinski definition) is 0. The van der Waals surface area contributed by atoms with Crippen molar-refractivity contribution in [1.29, 1.82) is 0 Å². The molecule has 0 aromatic heterocycles. The predicted octanol–water partition coefficient (Wildman–Crippen LogP) is 8.02. The lowest BCUT2D eigenvalue weighted by molar-refractivity contribution is 0.0637. The largest absolute Gasteiger partial charge is 0.491 e. The Morgan fingerprint density at radius 3 is 1.94 bits per heavy atom. The van der Waals surface area contributed by atoms with Gasteiger partial charge in [-0.2, -0.15) is 0 Å². The summed E-state index contributed by atoms with van der Waals surface area (Å²) in [4.78, 5) is 12.6. The highest BCUT2D eigenvalue weighted by atomic mass is 16.5. The Kier molecular flexibility index (Phi) is 9.72. The summed E-state index contributed by atoms with van der Waals surface area (Å²) >= 11 is 0. The summed E-state index contributed by atoms with van der Waals surface area (Å²) in [6.07, 6.45) is 4.54. The monoisotopic (exact) mass is 460 g/mol. The van der Waals surface area contributed by atoms with E-state index in [-0.39, 0.29) is 18.2 Å². The van der Waals surface area contributed by atoms with Crippen LogP contribution in [0.25, 0.3) is 11.1 Å². The number of carbonyl (C=O) groups excluding carboxylic acids is 1. The van der Waals surface area contributed by atoms with Gasteiger partial charge in [0, 0.05) is 6.61 Å². The molecule has 0 aliphatic carbocycles. The van der Waals surface area contributed by atoms with Crippen LogP contribution in [0.4, 0.5) is 0 Å². The van der Waals surface area contributed by atoms with Crippen molar-refractivity contribution in [3.05, 3.63) is 83.9 Å². The van der Waals surface area contributed by atoms with Gasteiger partial charge >= 0.3 is 5.97 Å². The Morgan fingerprint density at radius 1 is 0.765 bits per heavy atom. The van der Waals surface area contributed by atoms with E-state index < -0.39 is 0 Å². The Hall–Kier alpha value is -3.11. The van der Waals surface area contributed by atoms with Crippen LogP contribution in [0.5, 0.6) is 11.5 Å². The quantitative estimate of drug-likeness (QED) is 0.156. The van der Waals surface area contributed by atoms with E-state index in [1.807, 2.05) is 24.3 Å². The second-order valence-electron chi connectivity index (χ2n) is 8.64. The number of benzene rings is 3. The van der Waals surface area contributed by atoms with E-state index >= 15 is 0 Å². The molecule has 0 aliphatic heterocycles. The first kappa shape index (κ1) is 25.5. The Balaban J connectivity index is 1.57. The number of hydrogen-bond acceptors (Lipinski definition) is 4. The first-order valence-corrected chi connectivity index (χ1v) is 12.3. The van der Waals surface area contributed by atoms with Crippen molar-refractivity contribution in [2.75, 3.05) is 6.61 Å². The van der Waals surface area contributed by atoms with Crippen LogP contribution in [-0.2, 0) is 4.74 Å². The van der Waals surface area contributed by atoms with E-state index in [1.165, 1.54) is 0 Å². The normalized spacial score (nSPS) is 12.7. The Morgan fingerprint density at radius 2 is 1.35 bits per heavy atom. The molecule has 0 fully saturated rings. The molecular formula is C30H36O4. The third kappa shape index (κ3) is 7.46. The third-order valence-electron chi connectivity index (χ3n) is 5.77. The summed E-state index contributed by atoms with van der Waals surface area (Å²) in [5, 5.41) is 0. The smallest absolute Gasteiger partial charge is 0.343 e. The maximum atomic E-state index is 12.6. The fraction of sp³-hybridized carbons (Fsp3) is 0.367. The van der Waals surface area contributed by atoms with Gasteiger partial charge < -0.3 is 14.2 Å². The molecule has 0 bridgehead atoms. The molecule has 3 aromatic rings. The molecule has 0 saturated carbocycles. The molecule has 180 valence electrons. The topological polar surface area (TPSA) is 44.8 Å². The van der Waals surface area contributed by atoms with Crippen molar-refractivity contribution < 1.29 is 19.0 Å². The van der Waals surface area contributed by atoms with Crippen LogP contribution in [0.3, 0.4) is 0 Å². The molecule has 34 heavy (non-hydrogen) atoms. The molecule has 0 saturated heterocycles. The average molecular weight is 461 g/mol. The molecule has 3 aromatic carbocycles. The van der Waals surface area contributed by atoms with Gasteiger partial charge in [-0.15, -0.1) is 0 Å². The number of unbranched alkanes of at least 4 members (excludes halogenated alkanes) is 1. The lowest BCUT2D eigenvalue weighted by Crippen LogP contribution is -2.11. The van der Waals surface area contributed by atoms with Crippen LogP contribution < -0.4 is 9.47 Å². The van der Waals surface area contributed by atoms with E-state index in [9.17, 15) is 4.79 Å². The second kappa shape index (κ2) is 13.0. The molecule has 0 aliphatic rings. The van der Waals surface area contributed by atoms with Gasteiger partial charge in [0.05, 0.1) is 17.8 Å². The summed E-state index contributed by atoms with van der Waals surface area (Å²) in [5.41, 5.74) is 3.81. The molecular weight excluding hydrogens is 424 g/mol. The fourth-order valence-corrected chi connectivity index (χ4v) is 3.70. The minimum absolute atomic E-state index is 0.0816. The molecule has 0 radical (unpaired) electrons. The number of ether oxygens (including phenoxy) is 3. The zero-order valence-corrected chi connectivity index (χ0v) is 20.8. The second-order valence-corrected chi connectivity index (χ2v) is 8.64. The van der Waals surface area contributed by atoms with Crippen LogP contribution >= 0.6 is 0 Å². The molecule has 0 N–H and O–H groups in total. The van der Waals surface area contributed by atoms with Crippen LogP contribution in [0, 0.1) is 0 Å². The lowest BCUT2D eigenvalue weighted by atomic mass is 10.0. The maximum Gasteiger partial charge on any atom is 0.343 e. The standard InChI is InChI=1S/C30H36O4/c1-5-7-21-32-23(4)24-9-11-25(12-10-24)26-13-15-27(16-14-26)30(31)34-29-19-17-28(18-20-29)33-22(3)8-6-2/h9-20,22-23H,5-8,21H2,1-4H3. The average Bonchev–Trinajstić information content (AvgIpc) is 2.85. The number of carbonyl (C=O) groups is 1. The van der Waals surface area contributed by atoms with E-state index in [4.69, 9.17) is 14.2 Å². The molecule has 2 atom stereocenters. The zero-order chi connectivity index (χ0) is 24.3. The van der Waals surface area contributed by atoms with Gasteiger partial charge in [0.2, 0.25) is 0 Å². The van der Waals surface area contributed by atoms with Crippen molar-refractivity contribution in [1.82, 2.24) is 0 Å². The van der Waals surface area contributed by atoms with Crippen molar-refractivity contribution in [2.24, 2.45) is 0 Å². The van der Waals surface area contributed by atoms with Crippen LogP contribution in [-0.4, -0.2) is 18.7 Å². The minimum atomic E-state index is -0.382. The molecule has 0 amide bonds. The first-order chi connectivity index (χ1) is 16.5. The molecule has 0 spiro atoms. The van der Waals surface area contributed by atoms with Gasteiger partial charge in [0.25, 0.3) is 0 Å². The molecule has 2 unspecified atom stereocenters. The highest BCUT2D eigenvalue weighted by molar-refractivity contribution is 5.91. The molecule has 0 heterocycles. The highest BCUT2D eigenvalue weighted by Gasteiger charge is 2.11. The van der Waals surface area contributed by atoms with Crippen LogP contribution in [0.15, 0.2) is 72.8 Å². The molecule has 3 rings (SSSR count). The van der Waals surface area contributed by atoms with E-state index in [1.54, 1.807) is 24.3 Å². The summed E-state index contributed by atoms with van der Waals surface area (Å²) in [6.45, 7) is 9.22. The summed E-state index contributed by atoms with van der Waals surface area (Å²) in [5.74, 6) is 0.890. The van der Waals surface area contributed by atoms with Gasteiger partial charge in [-0.3, -0.25) is 0 Å². The third-order valence-corrected chi connectivity index (χ3v) is 5.77. The highest BCUT2D eigenvalue weighted by Crippen LogP contribution is 2.25. The zero-order valence-electron chi connectivity index (χ0n) is 20.8. The van der Waals surface area contributed by atoms with Gasteiger partial charge in [-0.1, -0.05) is 63.1 Å². The van der Waals surface area contributed by atoms with Crippen LogP contribution in [0.1, 0.15) is 75.4 Å². The van der Waals surface area contributed by atoms with Gasteiger partial charge in [-0.25, -0.2) is 4.79 Å². The number of rotatable bonds is 12. The Bertz CT molecular complexity index is 1010. The lowest BCUT2D eigenvalue weighted by Gasteiger charge is -2.14. The van der Waals surface area contributed by atoms with Crippen molar-refractivity contribution in [3.8, 4) is 22.6 Å². The van der Waals surface area contributed by atoms with Crippen molar-refractivity contribution >= 4 is 5.97 Å². The van der Waals surface area contributed by atoms with Crippen molar-refractivity contribution in [3.63, 3.8) is 0 Å². The van der Waals surface area contributed by atoms with Crippen molar-refractivity contribution in [2.45, 2.75) is 65.6 Å². The predicted molar refractivity (Wildman–Crippen MR) is 138 cm³/mol. The maximum absolute atomic E-state index is 12.6. The van der Waals surface area contributed by atoms with Crippen LogP contribution in [0.2, 0.25) is 0 Å². The SMILES string of the molecule is CCCCOC(C)c1ccc(-c2ccc(C(=O)Oc3ccc(OC(C)CCC)cc3)cc2)cc1. The van der Waals surface area contributed by atoms with E-state index in [0.717, 1.165) is 54.7 Å². The Labute approximate surface area is 203 Å².